The molecule has 0 radical (unpaired) electrons. The standard InChI is InChI=1S/C27H26N3O4P/c1-4-34-26(32)23-24(29(2)27(33)30(3)25(23)31)28-35(20-14-8-5-9-15-20,21-16-10-6-11-17-21)22-18-12-7-13-19-22/h5-19H,4H2,1-3H3. The van der Waals surface area contributed by atoms with E-state index in [2.05, 4.69) is 0 Å². The summed E-state index contributed by atoms with van der Waals surface area (Å²) < 4.78 is 12.6. The van der Waals surface area contributed by atoms with Crippen LogP contribution in [-0.2, 0) is 18.8 Å². The molecule has 0 saturated carbocycles. The van der Waals surface area contributed by atoms with Gasteiger partial charge in [0.05, 0.1) is 13.7 Å². The second kappa shape index (κ2) is 10.1. The predicted octanol–water partition coefficient (Wildman–Crippen LogP) is 3.07. The second-order valence-electron chi connectivity index (χ2n) is 7.87. The SMILES string of the molecule is CCOC(=O)c1c(N=P(c2ccccc2)(c2ccccc2)c2ccccc2)n(C)c(=O)n(C)c1=O. The molecule has 0 aliphatic carbocycles. The monoisotopic (exact) mass is 487 g/mol. The molecule has 0 fully saturated rings. The van der Waals surface area contributed by atoms with E-state index in [0.29, 0.717) is 0 Å². The van der Waals surface area contributed by atoms with E-state index in [1.165, 1.54) is 18.7 Å². The summed E-state index contributed by atoms with van der Waals surface area (Å²) in [6, 6.07) is 29.3. The highest BCUT2D eigenvalue weighted by Gasteiger charge is 2.31. The van der Waals surface area contributed by atoms with Crippen molar-refractivity contribution in [2.45, 2.75) is 6.92 Å². The first-order valence-corrected chi connectivity index (χ1v) is 12.9. The van der Waals surface area contributed by atoms with Crippen LogP contribution in [0.1, 0.15) is 17.3 Å². The number of carbonyl (C=O) groups is 1. The Bertz CT molecular complexity index is 1420. The Morgan fingerprint density at radius 3 is 1.60 bits per heavy atom. The zero-order valence-electron chi connectivity index (χ0n) is 19.8. The molecule has 0 atom stereocenters. The minimum atomic E-state index is -2.83. The normalized spacial score (nSPS) is 11.2. The molecule has 4 rings (SSSR count). The quantitative estimate of drug-likeness (QED) is 0.309. The molecule has 0 unspecified atom stereocenters. The van der Waals surface area contributed by atoms with E-state index in [1.54, 1.807) is 6.92 Å². The van der Waals surface area contributed by atoms with Gasteiger partial charge in [0.1, 0.15) is 0 Å². The number of benzene rings is 3. The third-order valence-corrected chi connectivity index (χ3v) is 9.37. The fraction of sp³-hybridized carbons (Fsp3) is 0.148. The van der Waals surface area contributed by atoms with Crippen molar-refractivity contribution in [1.82, 2.24) is 9.13 Å². The Balaban J connectivity index is 2.27. The summed E-state index contributed by atoms with van der Waals surface area (Å²) in [6.45, 7) is 1.75. The van der Waals surface area contributed by atoms with Gasteiger partial charge in [-0.15, -0.1) is 0 Å². The van der Waals surface area contributed by atoms with Crippen LogP contribution in [0.4, 0.5) is 5.82 Å². The maximum atomic E-state index is 13.2. The zero-order valence-corrected chi connectivity index (χ0v) is 20.7. The van der Waals surface area contributed by atoms with Gasteiger partial charge in [0, 0.05) is 30.0 Å². The maximum Gasteiger partial charge on any atom is 0.347 e. The minimum absolute atomic E-state index is 0.00134. The third kappa shape index (κ3) is 4.31. The van der Waals surface area contributed by atoms with Crippen LogP contribution >= 0.6 is 7.05 Å². The number of ether oxygens (including phenoxy) is 1. The summed E-state index contributed by atoms with van der Waals surface area (Å²) in [7, 11) is 0.0182. The van der Waals surface area contributed by atoms with Crippen molar-refractivity contribution in [2.75, 3.05) is 6.61 Å². The van der Waals surface area contributed by atoms with E-state index >= 15 is 0 Å². The molecule has 0 amide bonds. The van der Waals surface area contributed by atoms with E-state index in [9.17, 15) is 14.4 Å². The Hall–Kier alpha value is -3.96. The van der Waals surface area contributed by atoms with Crippen molar-refractivity contribution < 1.29 is 9.53 Å². The average Bonchev–Trinajstić information content (AvgIpc) is 2.90. The number of aromatic nitrogens is 2. The van der Waals surface area contributed by atoms with Crippen LogP contribution in [-0.4, -0.2) is 21.7 Å². The largest absolute Gasteiger partial charge is 0.462 e. The molecule has 35 heavy (non-hydrogen) atoms. The summed E-state index contributed by atoms with van der Waals surface area (Å²) in [5.74, 6) is -0.809. The van der Waals surface area contributed by atoms with E-state index in [-0.39, 0.29) is 18.0 Å². The fourth-order valence-corrected chi connectivity index (χ4v) is 7.60. The highest BCUT2D eigenvalue weighted by Crippen LogP contribution is 2.49. The second-order valence-corrected chi connectivity index (χ2v) is 10.9. The Morgan fingerprint density at radius 1 is 0.771 bits per heavy atom. The van der Waals surface area contributed by atoms with Gasteiger partial charge in [-0.2, -0.15) is 0 Å². The topological polar surface area (TPSA) is 82.7 Å². The van der Waals surface area contributed by atoms with Gasteiger partial charge in [-0.1, -0.05) is 91.0 Å². The highest BCUT2D eigenvalue weighted by atomic mass is 31.2. The molecule has 0 saturated heterocycles. The molecular formula is C27H26N3O4P. The minimum Gasteiger partial charge on any atom is -0.462 e. The first-order valence-electron chi connectivity index (χ1n) is 11.2. The lowest BCUT2D eigenvalue weighted by Crippen LogP contribution is -2.40. The molecule has 0 aliphatic heterocycles. The van der Waals surface area contributed by atoms with Gasteiger partial charge in [-0.25, -0.2) is 14.3 Å². The van der Waals surface area contributed by atoms with Gasteiger partial charge in [-0.05, 0) is 6.92 Å². The maximum absolute atomic E-state index is 13.2. The van der Waals surface area contributed by atoms with Crippen LogP contribution in [0.15, 0.2) is 105 Å². The first-order chi connectivity index (χ1) is 16.9. The number of hydrogen-bond acceptors (Lipinski definition) is 5. The molecule has 4 aromatic rings. The molecule has 1 aromatic heterocycles. The van der Waals surface area contributed by atoms with E-state index in [4.69, 9.17) is 9.48 Å². The molecule has 7 nitrogen and oxygen atoms in total. The number of carbonyl (C=O) groups excluding carboxylic acids is 1. The predicted molar refractivity (Wildman–Crippen MR) is 140 cm³/mol. The fourth-order valence-electron chi connectivity index (χ4n) is 4.03. The smallest absolute Gasteiger partial charge is 0.347 e. The summed E-state index contributed by atoms with van der Waals surface area (Å²) in [5, 5.41) is 2.75. The Kier molecular flexibility index (Phi) is 6.99. The number of rotatable bonds is 6. The molecule has 8 heteroatoms. The van der Waals surface area contributed by atoms with Crippen LogP contribution in [0.3, 0.4) is 0 Å². The van der Waals surface area contributed by atoms with E-state index < -0.39 is 24.3 Å². The summed E-state index contributed by atoms with van der Waals surface area (Å²) in [6.07, 6.45) is 0. The lowest BCUT2D eigenvalue weighted by Gasteiger charge is -2.27. The third-order valence-electron chi connectivity index (χ3n) is 5.75. The van der Waals surface area contributed by atoms with Crippen LogP contribution in [0.25, 0.3) is 0 Å². The van der Waals surface area contributed by atoms with Crippen LogP contribution in [0.5, 0.6) is 0 Å². The van der Waals surface area contributed by atoms with Crippen molar-refractivity contribution in [1.29, 1.82) is 0 Å². The summed E-state index contributed by atoms with van der Waals surface area (Å²) in [5.41, 5.74) is -1.57. The van der Waals surface area contributed by atoms with Gasteiger partial charge >= 0.3 is 11.7 Å². The first kappa shape index (κ1) is 24.2. The van der Waals surface area contributed by atoms with Gasteiger partial charge in [0.15, 0.2) is 11.4 Å². The number of nitrogens with zero attached hydrogens (tertiary/aromatic N) is 3. The van der Waals surface area contributed by atoms with Crippen LogP contribution < -0.4 is 27.2 Å². The van der Waals surface area contributed by atoms with Gasteiger partial charge in [0.25, 0.3) is 5.56 Å². The van der Waals surface area contributed by atoms with Gasteiger partial charge in [-0.3, -0.25) is 13.9 Å². The molecular weight excluding hydrogens is 461 g/mol. The van der Waals surface area contributed by atoms with E-state index in [0.717, 1.165) is 20.5 Å². The molecule has 0 bridgehead atoms. The van der Waals surface area contributed by atoms with Crippen molar-refractivity contribution in [2.24, 2.45) is 18.8 Å². The molecule has 0 aliphatic rings. The highest BCUT2D eigenvalue weighted by molar-refractivity contribution is 7.87. The van der Waals surface area contributed by atoms with Crippen LogP contribution in [0.2, 0.25) is 0 Å². The Morgan fingerprint density at radius 2 is 1.20 bits per heavy atom. The van der Waals surface area contributed by atoms with Gasteiger partial charge < -0.3 is 4.74 Å². The Labute approximate surface area is 203 Å². The summed E-state index contributed by atoms with van der Waals surface area (Å²) in [4.78, 5) is 39.1. The molecule has 1 heterocycles. The zero-order chi connectivity index (χ0) is 25.0. The van der Waals surface area contributed by atoms with Gasteiger partial charge in [0.2, 0.25) is 0 Å². The molecule has 178 valence electrons. The van der Waals surface area contributed by atoms with E-state index in [1.807, 2.05) is 91.0 Å². The summed E-state index contributed by atoms with van der Waals surface area (Å²) >= 11 is 0. The van der Waals surface area contributed by atoms with Crippen molar-refractivity contribution in [3.63, 3.8) is 0 Å². The average molecular weight is 487 g/mol. The lowest BCUT2D eigenvalue weighted by atomic mass is 10.3. The molecule has 3 aromatic carbocycles. The van der Waals surface area contributed by atoms with Crippen LogP contribution in [0, 0.1) is 0 Å². The lowest BCUT2D eigenvalue weighted by molar-refractivity contribution is 0.0523. The molecule has 0 N–H and O–H groups in total. The van der Waals surface area contributed by atoms with Crippen molar-refractivity contribution in [3.05, 3.63) is 117 Å². The van der Waals surface area contributed by atoms with Crippen molar-refractivity contribution in [3.8, 4) is 0 Å². The van der Waals surface area contributed by atoms with Crippen molar-refractivity contribution >= 4 is 34.8 Å². The molecule has 0 spiro atoms. The number of esters is 1. The number of hydrogen-bond donors (Lipinski definition) is 0.